The minimum Gasteiger partial charge on any atom is -0.309 e. The van der Waals surface area contributed by atoms with Crippen molar-refractivity contribution in [3.8, 4) is 23.0 Å². The lowest BCUT2D eigenvalue weighted by Gasteiger charge is -2.01. The second kappa shape index (κ2) is 5.89. The van der Waals surface area contributed by atoms with Gasteiger partial charge in [-0.3, -0.25) is 0 Å². The molecule has 0 aliphatic rings. The quantitative estimate of drug-likeness (QED) is 0.769. The molecule has 17 heavy (non-hydrogen) atoms. The minimum atomic E-state index is 0.718. The first-order valence-electron chi connectivity index (χ1n) is 5.69. The Morgan fingerprint density at radius 2 is 1.71 bits per heavy atom. The van der Waals surface area contributed by atoms with Gasteiger partial charge in [-0.15, -0.1) is 0 Å². The predicted octanol–water partition coefficient (Wildman–Crippen LogP) is 2.92. The standard InChI is InChI=1S/C16H15N/c1-17-12-6-8-14-7-5-11-16(13-14)15-9-3-2-4-10-15/h2-5,7,9-11,13,17H,12H2,1H3. The van der Waals surface area contributed by atoms with Gasteiger partial charge in [-0.1, -0.05) is 54.3 Å². The summed E-state index contributed by atoms with van der Waals surface area (Å²) < 4.78 is 0. The lowest BCUT2D eigenvalue weighted by molar-refractivity contribution is 0.938. The van der Waals surface area contributed by atoms with Gasteiger partial charge in [0.15, 0.2) is 0 Å². The summed E-state index contributed by atoms with van der Waals surface area (Å²) in [6, 6.07) is 18.7. The van der Waals surface area contributed by atoms with Crippen molar-refractivity contribution in [3.63, 3.8) is 0 Å². The van der Waals surface area contributed by atoms with Gasteiger partial charge in [-0.2, -0.15) is 0 Å². The van der Waals surface area contributed by atoms with E-state index < -0.39 is 0 Å². The first-order valence-corrected chi connectivity index (χ1v) is 5.69. The van der Waals surface area contributed by atoms with Crippen LogP contribution in [-0.4, -0.2) is 13.6 Å². The summed E-state index contributed by atoms with van der Waals surface area (Å²) in [7, 11) is 1.90. The highest BCUT2D eigenvalue weighted by molar-refractivity contribution is 5.65. The van der Waals surface area contributed by atoms with Gasteiger partial charge < -0.3 is 5.32 Å². The molecule has 0 aliphatic heterocycles. The van der Waals surface area contributed by atoms with E-state index in [1.807, 2.05) is 25.2 Å². The summed E-state index contributed by atoms with van der Waals surface area (Å²) in [4.78, 5) is 0. The first-order chi connectivity index (χ1) is 8.40. The highest BCUT2D eigenvalue weighted by Crippen LogP contribution is 2.19. The van der Waals surface area contributed by atoms with Crippen molar-refractivity contribution >= 4 is 0 Å². The molecular weight excluding hydrogens is 206 g/mol. The van der Waals surface area contributed by atoms with Crippen molar-refractivity contribution in [2.75, 3.05) is 13.6 Å². The number of rotatable bonds is 2. The topological polar surface area (TPSA) is 12.0 Å². The van der Waals surface area contributed by atoms with E-state index >= 15 is 0 Å². The van der Waals surface area contributed by atoms with Crippen LogP contribution in [0.5, 0.6) is 0 Å². The van der Waals surface area contributed by atoms with Gasteiger partial charge in [-0.25, -0.2) is 0 Å². The molecule has 84 valence electrons. The smallest absolute Gasteiger partial charge is 0.0577 e. The van der Waals surface area contributed by atoms with Crippen molar-refractivity contribution in [2.45, 2.75) is 0 Å². The molecule has 0 atom stereocenters. The lowest BCUT2D eigenvalue weighted by Crippen LogP contribution is -2.04. The van der Waals surface area contributed by atoms with E-state index in [4.69, 9.17) is 0 Å². The third kappa shape index (κ3) is 3.21. The number of benzene rings is 2. The van der Waals surface area contributed by atoms with Crippen molar-refractivity contribution < 1.29 is 0 Å². The van der Waals surface area contributed by atoms with Gasteiger partial charge in [0.25, 0.3) is 0 Å². The molecule has 0 unspecified atom stereocenters. The average Bonchev–Trinajstić information content (AvgIpc) is 2.41. The van der Waals surface area contributed by atoms with Crippen LogP contribution < -0.4 is 5.32 Å². The van der Waals surface area contributed by atoms with Gasteiger partial charge in [0.2, 0.25) is 0 Å². The third-order valence-electron chi connectivity index (χ3n) is 2.47. The van der Waals surface area contributed by atoms with Gasteiger partial charge in [0.1, 0.15) is 0 Å². The molecule has 1 N–H and O–H groups in total. The molecule has 0 saturated heterocycles. The largest absolute Gasteiger partial charge is 0.309 e. The second-order valence-corrected chi connectivity index (χ2v) is 3.78. The Kier molecular flexibility index (Phi) is 3.96. The Labute approximate surface area is 102 Å². The molecule has 0 amide bonds. The van der Waals surface area contributed by atoms with Crippen LogP contribution >= 0.6 is 0 Å². The Bertz CT molecular complexity index is 532. The summed E-state index contributed by atoms with van der Waals surface area (Å²) >= 11 is 0. The zero-order valence-electron chi connectivity index (χ0n) is 9.90. The molecule has 2 aromatic carbocycles. The van der Waals surface area contributed by atoms with E-state index in [0.29, 0.717) is 0 Å². The maximum atomic E-state index is 3.14. The molecule has 1 nitrogen and oxygen atoms in total. The van der Waals surface area contributed by atoms with Crippen molar-refractivity contribution in [2.24, 2.45) is 0 Å². The summed E-state index contributed by atoms with van der Waals surface area (Å²) in [5, 5.41) is 3.01. The van der Waals surface area contributed by atoms with Crippen LogP contribution in [-0.2, 0) is 0 Å². The molecule has 0 radical (unpaired) electrons. The number of hydrogen-bond donors (Lipinski definition) is 1. The van der Waals surface area contributed by atoms with E-state index in [9.17, 15) is 0 Å². The number of nitrogens with one attached hydrogen (secondary N) is 1. The van der Waals surface area contributed by atoms with E-state index in [1.54, 1.807) is 0 Å². The Hall–Kier alpha value is -2.04. The van der Waals surface area contributed by atoms with Crippen LogP contribution in [0.25, 0.3) is 11.1 Å². The van der Waals surface area contributed by atoms with E-state index in [-0.39, 0.29) is 0 Å². The molecule has 0 aromatic heterocycles. The molecule has 0 bridgehead atoms. The van der Waals surface area contributed by atoms with Crippen molar-refractivity contribution in [1.29, 1.82) is 0 Å². The second-order valence-electron chi connectivity index (χ2n) is 3.78. The van der Waals surface area contributed by atoms with Crippen molar-refractivity contribution in [3.05, 3.63) is 60.2 Å². The molecule has 2 aromatic rings. The molecule has 0 heterocycles. The van der Waals surface area contributed by atoms with Crippen LogP contribution in [0.1, 0.15) is 5.56 Å². The SMILES string of the molecule is CNCC#Cc1cccc(-c2ccccc2)c1. The monoisotopic (exact) mass is 221 g/mol. The van der Waals surface area contributed by atoms with Crippen LogP contribution in [0.2, 0.25) is 0 Å². The van der Waals surface area contributed by atoms with Crippen molar-refractivity contribution in [1.82, 2.24) is 5.32 Å². The highest BCUT2D eigenvalue weighted by Gasteiger charge is 1.96. The first kappa shape index (κ1) is 11.4. The zero-order chi connectivity index (χ0) is 11.9. The fourth-order valence-corrected chi connectivity index (χ4v) is 1.64. The fraction of sp³-hybridized carbons (Fsp3) is 0.125. The van der Waals surface area contributed by atoms with Gasteiger partial charge in [0.05, 0.1) is 6.54 Å². The van der Waals surface area contributed by atoms with E-state index in [1.165, 1.54) is 11.1 Å². The zero-order valence-corrected chi connectivity index (χ0v) is 9.90. The Balaban J connectivity index is 2.27. The summed E-state index contributed by atoms with van der Waals surface area (Å²) in [6.45, 7) is 0.718. The molecule has 0 saturated carbocycles. The van der Waals surface area contributed by atoms with Gasteiger partial charge in [-0.05, 0) is 30.3 Å². The summed E-state index contributed by atoms with van der Waals surface area (Å²) in [5.41, 5.74) is 3.49. The Morgan fingerprint density at radius 1 is 0.941 bits per heavy atom. The molecule has 0 fully saturated rings. The molecule has 0 spiro atoms. The molecule has 1 heteroatoms. The van der Waals surface area contributed by atoms with E-state index in [0.717, 1.165) is 12.1 Å². The molecule has 2 rings (SSSR count). The van der Waals surface area contributed by atoms with Gasteiger partial charge in [0, 0.05) is 5.56 Å². The summed E-state index contributed by atoms with van der Waals surface area (Å²) in [5.74, 6) is 6.21. The third-order valence-corrected chi connectivity index (χ3v) is 2.47. The highest BCUT2D eigenvalue weighted by atomic mass is 14.8. The predicted molar refractivity (Wildman–Crippen MR) is 72.7 cm³/mol. The summed E-state index contributed by atoms with van der Waals surface area (Å²) in [6.07, 6.45) is 0. The maximum absolute atomic E-state index is 3.14. The maximum Gasteiger partial charge on any atom is 0.0577 e. The van der Waals surface area contributed by atoms with Gasteiger partial charge >= 0.3 is 0 Å². The number of hydrogen-bond acceptors (Lipinski definition) is 1. The molecule has 0 aliphatic carbocycles. The van der Waals surface area contributed by atoms with Crippen LogP contribution in [0.15, 0.2) is 54.6 Å². The normalized spacial score (nSPS) is 9.47. The van der Waals surface area contributed by atoms with Crippen LogP contribution in [0.3, 0.4) is 0 Å². The van der Waals surface area contributed by atoms with Crippen LogP contribution in [0.4, 0.5) is 0 Å². The lowest BCUT2D eigenvalue weighted by atomic mass is 10.0. The Morgan fingerprint density at radius 3 is 2.47 bits per heavy atom. The van der Waals surface area contributed by atoms with Crippen LogP contribution in [0, 0.1) is 11.8 Å². The fourth-order valence-electron chi connectivity index (χ4n) is 1.64. The molecular formula is C16H15N. The van der Waals surface area contributed by atoms with E-state index in [2.05, 4.69) is 53.6 Å². The average molecular weight is 221 g/mol. The minimum absolute atomic E-state index is 0.718.